The van der Waals surface area contributed by atoms with E-state index in [-0.39, 0.29) is 11.5 Å². The Morgan fingerprint density at radius 1 is 1.24 bits per heavy atom. The number of amides is 1. The second-order valence-corrected chi connectivity index (χ2v) is 6.36. The van der Waals surface area contributed by atoms with Crippen molar-refractivity contribution in [2.24, 2.45) is 5.10 Å². The van der Waals surface area contributed by atoms with Crippen LogP contribution in [0.2, 0.25) is 0 Å². The van der Waals surface area contributed by atoms with Crippen LogP contribution in [-0.2, 0) is 0 Å². The molecule has 1 N–H and O–H groups in total. The predicted octanol–water partition coefficient (Wildman–Crippen LogP) is 3.33. The normalized spacial score (nSPS) is 10.7. The molecule has 1 amide bonds. The summed E-state index contributed by atoms with van der Waals surface area (Å²) >= 11 is 3.23. The van der Waals surface area contributed by atoms with Gasteiger partial charge in [-0.1, -0.05) is 12.1 Å². The molecule has 0 aliphatic heterocycles. The number of nitrogens with zero attached hydrogens (tertiary/aromatic N) is 3. The number of halogens is 1. The zero-order valence-electron chi connectivity index (χ0n) is 14.4. The van der Waals surface area contributed by atoms with Gasteiger partial charge in [-0.3, -0.25) is 19.9 Å². The molecule has 0 radical (unpaired) electrons. The van der Waals surface area contributed by atoms with Crippen molar-refractivity contribution in [1.82, 2.24) is 10.4 Å². The standard InChI is InChI=1S/C18H11BrN4O6/c19-13-7-12(9-20-10-13)17(24)22-21-8-11-2-1-3-14(6-11)28-18(25)15-4-5-16(29-15)23(26)27/h1-10H,(H,22,24)/b21-8+. The first-order valence-electron chi connectivity index (χ1n) is 7.93. The second-order valence-electron chi connectivity index (χ2n) is 5.45. The van der Waals surface area contributed by atoms with Crippen molar-refractivity contribution in [3.8, 4) is 5.75 Å². The quantitative estimate of drug-likeness (QED) is 0.196. The van der Waals surface area contributed by atoms with Crippen molar-refractivity contribution in [1.29, 1.82) is 0 Å². The molecule has 146 valence electrons. The summed E-state index contributed by atoms with van der Waals surface area (Å²) in [5.41, 5.74) is 3.22. The number of nitro groups is 1. The SMILES string of the molecule is O=C(N/N=C/c1cccc(OC(=O)c2ccc([N+](=O)[O-])o2)c1)c1cncc(Br)c1. The minimum Gasteiger partial charge on any atom is -0.421 e. The predicted molar refractivity (Wildman–Crippen MR) is 104 cm³/mol. The number of carbonyl (C=O) groups is 2. The third kappa shape index (κ3) is 5.32. The number of benzene rings is 1. The van der Waals surface area contributed by atoms with E-state index in [0.717, 1.165) is 12.1 Å². The zero-order valence-corrected chi connectivity index (χ0v) is 16.0. The minimum atomic E-state index is -0.886. The molecule has 10 nitrogen and oxygen atoms in total. The number of nitrogens with one attached hydrogen (secondary N) is 1. The first kappa shape index (κ1) is 19.9. The smallest absolute Gasteiger partial charge is 0.421 e. The lowest BCUT2D eigenvalue weighted by atomic mass is 10.2. The Hall–Kier alpha value is -3.86. The Morgan fingerprint density at radius 3 is 2.79 bits per heavy atom. The Labute approximate surface area is 171 Å². The van der Waals surface area contributed by atoms with Crippen LogP contribution in [0.25, 0.3) is 0 Å². The summed E-state index contributed by atoms with van der Waals surface area (Å²) in [7, 11) is 0. The summed E-state index contributed by atoms with van der Waals surface area (Å²) in [6, 6.07) is 10.1. The van der Waals surface area contributed by atoms with E-state index in [2.05, 4.69) is 31.4 Å². The highest BCUT2D eigenvalue weighted by molar-refractivity contribution is 9.10. The van der Waals surface area contributed by atoms with Gasteiger partial charge in [-0.25, -0.2) is 10.2 Å². The zero-order chi connectivity index (χ0) is 20.8. The molecular formula is C18H11BrN4O6. The van der Waals surface area contributed by atoms with E-state index in [9.17, 15) is 19.7 Å². The first-order chi connectivity index (χ1) is 13.9. The third-order valence-electron chi connectivity index (χ3n) is 3.39. The fourth-order valence-electron chi connectivity index (χ4n) is 2.12. The molecule has 0 aliphatic carbocycles. The van der Waals surface area contributed by atoms with Gasteiger partial charge in [-0.2, -0.15) is 5.10 Å². The summed E-state index contributed by atoms with van der Waals surface area (Å²) in [4.78, 5) is 37.7. The average molecular weight is 459 g/mol. The Morgan fingerprint density at radius 2 is 2.07 bits per heavy atom. The van der Waals surface area contributed by atoms with Gasteiger partial charge in [0.2, 0.25) is 5.76 Å². The molecule has 3 aromatic rings. The van der Waals surface area contributed by atoms with Crippen molar-refractivity contribution < 1.29 is 23.7 Å². The molecule has 2 aromatic heterocycles. The van der Waals surface area contributed by atoms with Gasteiger partial charge in [-0.15, -0.1) is 0 Å². The van der Waals surface area contributed by atoms with Gasteiger partial charge in [0.25, 0.3) is 5.91 Å². The van der Waals surface area contributed by atoms with Gasteiger partial charge in [0.05, 0.1) is 17.8 Å². The van der Waals surface area contributed by atoms with E-state index in [1.165, 1.54) is 24.5 Å². The number of esters is 1. The molecule has 0 saturated heterocycles. The number of rotatable bonds is 6. The number of carbonyl (C=O) groups excluding carboxylic acids is 2. The van der Waals surface area contributed by atoms with E-state index in [0.29, 0.717) is 15.6 Å². The van der Waals surface area contributed by atoms with Crippen molar-refractivity contribution >= 4 is 39.9 Å². The van der Waals surface area contributed by atoms with Crippen LogP contribution < -0.4 is 10.2 Å². The van der Waals surface area contributed by atoms with E-state index in [1.54, 1.807) is 24.4 Å². The fraction of sp³-hybridized carbons (Fsp3) is 0. The van der Waals surface area contributed by atoms with E-state index < -0.39 is 22.7 Å². The molecule has 0 fully saturated rings. The summed E-state index contributed by atoms with van der Waals surface area (Å²) in [5.74, 6) is -2.03. The lowest BCUT2D eigenvalue weighted by Gasteiger charge is -2.03. The maximum Gasteiger partial charge on any atom is 0.433 e. The number of hydrazone groups is 1. The monoisotopic (exact) mass is 458 g/mol. The number of hydrogen-bond donors (Lipinski definition) is 1. The van der Waals surface area contributed by atoms with E-state index >= 15 is 0 Å². The average Bonchev–Trinajstić information content (AvgIpc) is 3.19. The van der Waals surface area contributed by atoms with Crippen molar-refractivity contribution in [2.45, 2.75) is 0 Å². The second kappa shape index (κ2) is 8.89. The van der Waals surface area contributed by atoms with Gasteiger partial charge >= 0.3 is 11.9 Å². The number of ether oxygens (including phenoxy) is 1. The van der Waals surface area contributed by atoms with Gasteiger partial charge in [0.1, 0.15) is 10.7 Å². The Kier molecular flexibility index (Phi) is 6.09. The van der Waals surface area contributed by atoms with Crippen LogP contribution in [0.4, 0.5) is 5.88 Å². The number of furan rings is 1. The third-order valence-corrected chi connectivity index (χ3v) is 3.82. The van der Waals surface area contributed by atoms with Crippen LogP contribution in [0.15, 0.2) is 68.8 Å². The van der Waals surface area contributed by atoms with Gasteiger partial charge in [0.15, 0.2) is 0 Å². The molecule has 29 heavy (non-hydrogen) atoms. The lowest BCUT2D eigenvalue weighted by Crippen LogP contribution is -2.17. The highest BCUT2D eigenvalue weighted by Crippen LogP contribution is 2.19. The van der Waals surface area contributed by atoms with Crippen LogP contribution in [-0.4, -0.2) is 28.0 Å². The number of hydrogen-bond acceptors (Lipinski definition) is 8. The van der Waals surface area contributed by atoms with Crippen molar-refractivity contribution in [3.05, 3.63) is 86.3 Å². The Bertz CT molecular complexity index is 1110. The van der Waals surface area contributed by atoms with Crippen molar-refractivity contribution in [2.75, 3.05) is 0 Å². The van der Waals surface area contributed by atoms with Crippen LogP contribution in [0.5, 0.6) is 5.75 Å². The van der Waals surface area contributed by atoms with Crippen LogP contribution in [0.1, 0.15) is 26.5 Å². The summed E-state index contributed by atoms with van der Waals surface area (Å²) in [6.07, 6.45) is 4.31. The molecule has 2 heterocycles. The van der Waals surface area contributed by atoms with Gasteiger partial charge < -0.3 is 9.15 Å². The van der Waals surface area contributed by atoms with Gasteiger partial charge in [-0.05, 0) is 45.8 Å². The molecule has 0 atom stereocenters. The Balaban J connectivity index is 1.62. The highest BCUT2D eigenvalue weighted by atomic mass is 79.9. The maximum absolute atomic E-state index is 12.0. The largest absolute Gasteiger partial charge is 0.433 e. The lowest BCUT2D eigenvalue weighted by molar-refractivity contribution is -0.402. The fourth-order valence-corrected chi connectivity index (χ4v) is 2.48. The molecule has 11 heteroatoms. The van der Waals surface area contributed by atoms with Crippen molar-refractivity contribution in [3.63, 3.8) is 0 Å². The van der Waals surface area contributed by atoms with Gasteiger partial charge in [0, 0.05) is 16.9 Å². The molecule has 0 unspecified atom stereocenters. The van der Waals surface area contributed by atoms with Crippen LogP contribution >= 0.6 is 15.9 Å². The van der Waals surface area contributed by atoms with Crippen LogP contribution in [0.3, 0.4) is 0 Å². The summed E-state index contributed by atoms with van der Waals surface area (Å²) in [5, 5.41) is 14.5. The van der Waals surface area contributed by atoms with Crippen LogP contribution in [0, 0.1) is 10.1 Å². The molecule has 1 aromatic carbocycles. The summed E-state index contributed by atoms with van der Waals surface area (Å²) < 4.78 is 10.6. The maximum atomic E-state index is 12.0. The molecule has 0 aliphatic rings. The highest BCUT2D eigenvalue weighted by Gasteiger charge is 2.19. The molecule has 0 spiro atoms. The molecule has 0 saturated carbocycles. The number of pyridine rings is 1. The van der Waals surface area contributed by atoms with E-state index in [1.807, 2.05) is 0 Å². The first-order valence-corrected chi connectivity index (χ1v) is 8.72. The minimum absolute atomic E-state index is 0.167. The summed E-state index contributed by atoms with van der Waals surface area (Å²) in [6.45, 7) is 0. The molecule has 0 bridgehead atoms. The molecule has 3 rings (SSSR count). The topological polar surface area (TPSA) is 137 Å². The molecular weight excluding hydrogens is 448 g/mol. The van der Waals surface area contributed by atoms with E-state index in [4.69, 9.17) is 9.15 Å². The number of aromatic nitrogens is 1.